The molecule has 0 saturated carbocycles. The lowest BCUT2D eigenvalue weighted by Crippen LogP contribution is -2.19. The van der Waals surface area contributed by atoms with E-state index in [1.165, 1.54) is 7.11 Å². The van der Waals surface area contributed by atoms with Crippen LogP contribution in [-0.2, 0) is 9.53 Å². The summed E-state index contributed by atoms with van der Waals surface area (Å²) in [7, 11) is 3.11. The highest BCUT2D eigenvalue weighted by Crippen LogP contribution is 2.17. The van der Waals surface area contributed by atoms with Gasteiger partial charge in [-0.15, -0.1) is 12.4 Å². The molecule has 0 aromatic heterocycles. The van der Waals surface area contributed by atoms with E-state index in [1.807, 2.05) is 6.92 Å². The van der Waals surface area contributed by atoms with Gasteiger partial charge < -0.3 is 15.4 Å². The number of hydrogen-bond acceptors (Lipinski definition) is 4. The van der Waals surface area contributed by atoms with Gasteiger partial charge in [-0.1, -0.05) is 6.07 Å². The van der Waals surface area contributed by atoms with Crippen LogP contribution in [0, 0.1) is 6.92 Å². The van der Waals surface area contributed by atoms with Gasteiger partial charge in [0, 0.05) is 18.7 Å². The number of benzene rings is 1. The number of nitrogens with one attached hydrogen (secondary N) is 2. The number of halogens is 1. The maximum absolute atomic E-state index is 11.6. The minimum absolute atomic E-state index is 0. The quantitative estimate of drug-likeness (QED) is 0.809. The summed E-state index contributed by atoms with van der Waals surface area (Å²) in [5.74, 6) is -0.504. The van der Waals surface area contributed by atoms with Crippen molar-refractivity contribution in [2.24, 2.45) is 0 Å². The van der Waals surface area contributed by atoms with Gasteiger partial charge in [0.15, 0.2) is 0 Å². The van der Waals surface area contributed by atoms with E-state index in [0.717, 1.165) is 5.56 Å². The Kier molecular flexibility index (Phi) is 7.79. The third kappa shape index (κ3) is 5.28. The molecule has 1 aromatic carbocycles. The van der Waals surface area contributed by atoms with E-state index in [9.17, 15) is 9.59 Å². The molecule has 0 aliphatic carbocycles. The summed E-state index contributed by atoms with van der Waals surface area (Å²) in [5.41, 5.74) is 1.96. The highest BCUT2D eigenvalue weighted by Gasteiger charge is 2.09. The van der Waals surface area contributed by atoms with Gasteiger partial charge in [-0.25, -0.2) is 4.79 Å². The van der Waals surface area contributed by atoms with Crippen LogP contribution in [-0.4, -0.2) is 32.6 Å². The highest BCUT2D eigenvalue weighted by atomic mass is 35.5. The smallest absolute Gasteiger partial charge is 0.337 e. The van der Waals surface area contributed by atoms with Crippen LogP contribution in [0.5, 0.6) is 0 Å². The van der Waals surface area contributed by atoms with Crippen molar-refractivity contribution in [3.8, 4) is 0 Å². The molecule has 0 heterocycles. The second-order valence-corrected chi connectivity index (χ2v) is 3.92. The Bertz CT molecular complexity index is 450. The Balaban J connectivity index is 0.00000324. The van der Waals surface area contributed by atoms with Gasteiger partial charge in [0.25, 0.3) is 0 Å². The van der Waals surface area contributed by atoms with Crippen LogP contribution in [0.15, 0.2) is 18.2 Å². The lowest BCUT2D eigenvalue weighted by molar-refractivity contribution is -0.116. The number of ether oxygens (including phenoxy) is 1. The number of methoxy groups -OCH3 is 1. The third-order valence-electron chi connectivity index (χ3n) is 2.53. The van der Waals surface area contributed by atoms with Crippen LogP contribution < -0.4 is 10.6 Å². The maximum Gasteiger partial charge on any atom is 0.337 e. The summed E-state index contributed by atoms with van der Waals surface area (Å²) >= 11 is 0. The predicted molar refractivity (Wildman–Crippen MR) is 76.9 cm³/mol. The second-order valence-electron chi connectivity index (χ2n) is 3.92. The lowest BCUT2D eigenvalue weighted by atomic mass is 10.1. The van der Waals surface area contributed by atoms with Crippen molar-refractivity contribution in [1.82, 2.24) is 5.32 Å². The first-order valence-corrected chi connectivity index (χ1v) is 5.72. The van der Waals surface area contributed by atoms with E-state index in [1.54, 1.807) is 25.2 Å². The number of esters is 1. The van der Waals surface area contributed by atoms with Gasteiger partial charge in [0.1, 0.15) is 0 Å². The Hall–Kier alpha value is -1.59. The van der Waals surface area contributed by atoms with Crippen molar-refractivity contribution in [1.29, 1.82) is 0 Å². The molecule has 0 aliphatic rings. The first-order valence-electron chi connectivity index (χ1n) is 5.72. The average molecular weight is 287 g/mol. The van der Waals surface area contributed by atoms with Gasteiger partial charge >= 0.3 is 5.97 Å². The molecular formula is C13H19ClN2O3. The molecule has 0 atom stereocenters. The Morgan fingerprint density at radius 2 is 2.00 bits per heavy atom. The van der Waals surface area contributed by atoms with Crippen molar-refractivity contribution in [2.45, 2.75) is 13.3 Å². The molecule has 5 nitrogen and oxygen atoms in total. The molecule has 0 fully saturated rings. The van der Waals surface area contributed by atoms with Gasteiger partial charge in [-0.3, -0.25) is 4.79 Å². The van der Waals surface area contributed by atoms with E-state index >= 15 is 0 Å². The number of hydrogen-bond donors (Lipinski definition) is 2. The second kappa shape index (κ2) is 8.50. The van der Waals surface area contributed by atoms with E-state index in [0.29, 0.717) is 24.2 Å². The molecule has 0 spiro atoms. The largest absolute Gasteiger partial charge is 0.465 e. The molecule has 106 valence electrons. The van der Waals surface area contributed by atoms with Gasteiger partial charge in [0.05, 0.1) is 12.7 Å². The molecule has 1 rings (SSSR count). The number of rotatable bonds is 5. The standard InChI is InChI=1S/C13H18N2O3.ClH/c1-9-4-5-10(13(17)18-3)8-11(9)15-12(16)6-7-14-2;/h4-5,8,14H,6-7H2,1-3H3,(H,15,16);1H. The number of aryl methyl sites for hydroxylation is 1. The van der Waals surface area contributed by atoms with E-state index < -0.39 is 5.97 Å². The molecule has 19 heavy (non-hydrogen) atoms. The number of carbonyl (C=O) groups is 2. The fourth-order valence-corrected chi connectivity index (χ4v) is 1.45. The summed E-state index contributed by atoms with van der Waals surface area (Å²) in [6.45, 7) is 2.48. The summed E-state index contributed by atoms with van der Waals surface area (Å²) in [4.78, 5) is 23.0. The van der Waals surface area contributed by atoms with Crippen molar-refractivity contribution in [2.75, 3.05) is 26.0 Å². The minimum atomic E-state index is -0.416. The average Bonchev–Trinajstić information content (AvgIpc) is 2.38. The molecule has 1 amide bonds. The highest BCUT2D eigenvalue weighted by molar-refractivity contribution is 5.95. The SMILES string of the molecule is CNCCC(=O)Nc1cc(C(=O)OC)ccc1C.Cl. The maximum atomic E-state index is 11.6. The van der Waals surface area contributed by atoms with Crippen LogP contribution in [0.2, 0.25) is 0 Å². The van der Waals surface area contributed by atoms with Gasteiger partial charge in [-0.2, -0.15) is 0 Å². The first-order chi connectivity index (χ1) is 8.58. The number of amides is 1. The Morgan fingerprint density at radius 1 is 1.32 bits per heavy atom. The molecule has 2 N–H and O–H groups in total. The van der Waals surface area contributed by atoms with Crippen LogP contribution in [0.25, 0.3) is 0 Å². The Labute approximate surface area is 119 Å². The lowest BCUT2D eigenvalue weighted by Gasteiger charge is -2.09. The summed E-state index contributed by atoms with van der Waals surface area (Å²) in [6, 6.07) is 5.07. The molecule has 0 radical (unpaired) electrons. The van der Waals surface area contributed by atoms with Crippen LogP contribution in [0.4, 0.5) is 5.69 Å². The van der Waals surface area contributed by atoms with Gasteiger partial charge in [0.2, 0.25) is 5.91 Å². The zero-order valence-electron chi connectivity index (χ0n) is 11.3. The fourth-order valence-electron chi connectivity index (χ4n) is 1.45. The van der Waals surface area contributed by atoms with Crippen molar-refractivity contribution >= 4 is 30.0 Å². The monoisotopic (exact) mass is 286 g/mol. The molecular weight excluding hydrogens is 268 g/mol. The van der Waals surface area contributed by atoms with Crippen LogP contribution in [0.3, 0.4) is 0 Å². The molecule has 0 aliphatic heterocycles. The third-order valence-corrected chi connectivity index (χ3v) is 2.53. The molecule has 1 aromatic rings. The van der Waals surface area contributed by atoms with E-state index in [4.69, 9.17) is 0 Å². The van der Waals surface area contributed by atoms with Crippen LogP contribution in [0.1, 0.15) is 22.3 Å². The summed E-state index contributed by atoms with van der Waals surface area (Å²) < 4.78 is 4.64. The first kappa shape index (κ1) is 17.4. The van der Waals surface area contributed by atoms with E-state index in [-0.39, 0.29) is 18.3 Å². The normalized spacial score (nSPS) is 9.42. The molecule has 0 unspecified atom stereocenters. The van der Waals surface area contributed by atoms with Crippen molar-refractivity contribution < 1.29 is 14.3 Å². The van der Waals surface area contributed by atoms with E-state index in [2.05, 4.69) is 15.4 Å². The summed E-state index contributed by atoms with van der Waals surface area (Å²) in [6.07, 6.45) is 0.387. The number of anilines is 1. The predicted octanol–water partition coefficient (Wildman–Crippen LogP) is 1.75. The van der Waals surface area contributed by atoms with Crippen molar-refractivity contribution in [3.05, 3.63) is 29.3 Å². The zero-order valence-corrected chi connectivity index (χ0v) is 12.1. The van der Waals surface area contributed by atoms with Crippen LogP contribution >= 0.6 is 12.4 Å². The molecule has 0 bridgehead atoms. The minimum Gasteiger partial charge on any atom is -0.465 e. The molecule has 6 heteroatoms. The zero-order chi connectivity index (χ0) is 13.5. The number of carbonyl (C=O) groups excluding carboxylic acids is 2. The topological polar surface area (TPSA) is 67.4 Å². The van der Waals surface area contributed by atoms with Crippen molar-refractivity contribution in [3.63, 3.8) is 0 Å². The molecule has 0 saturated heterocycles. The fraction of sp³-hybridized carbons (Fsp3) is 0.385. The van der Waals surface area contributed by atoms with Gasteiger partial charge in [-0.05, 0) is 31.7 Å². The summed E-state index contributed by atoms with van der Waals surface area (Å²) in [5, 5.41) is 5.68. The Morgan fingerprint density at radius 3 is 2.58 bits per heavy atom.